The third kappa shape index (κ3) is 5.08. The number of aryl methyl sites for hydroxylation is 2. The van der Waals surface area contributed by atoms with Crippen LogP contribution < -0.4 is 5.32 Å². The average molecular weight is 445 g/mol. The minimum atomic E-state index is -3.65. The fourth-order valence-electron chi connectivity index (χ4n) is 3.87. The van der Waals surface area contributed by atoms with Gasteiger partial charge in [-0.1, -0.05) is 0 Å². The summed E-state index contributed by atoms with van der Waals surface area (Å²) in [7, 11) is -3.65. The molecule has 0 amide bonds. The van der Waals surface area contributed by atoms with Crippen molar-refractivity contribution < 1.29 is 12.8 Å². The first kappa shape index (κ1) is 21.4. The van der Waals surface area contributed by atoms with Crippen LogP contribution in [0, 0.1) is 25.6 Å². The van der Waals surface area contributed by atoms with E-state index in [1.807, 2.05) is 26.0 Å². The molecule has 31 heavy (non-hydrogen) atoms. The molecule has 8 nitrogen and oxygen atoms in total. The van der Waals surface area contributed by atoms with Gasteiger partial charge in [-0.15, -0.1) is 0 Å². The first-order valence-corrected chi connectivity index (χ1v) is 11.6. The Balaban J connectivity index is 1.47. The molecule has 1 atom stereocenters. The van der Waals surface area contributed by atoms with Gasteiger partial charge in [0.05, 0.1) is 4.90 Å². The van der Waals surface area contributed by atoms with E-state index in [0.717, 1.165) is 24.2 Å². The maximum atomic E-state index is 13.2. The number of halogens is 1. The maximum Gasteiger partial charge on any atom is 0.243 e. The van der Waals surface area contributed by atoms with Crippen LogP contribution in [0.4, 0.5) is 16.0 Å². The molecule has 3 heterocycles. The van der Waals surface area contributed by atoms with Crippen molar-refractivity contribution in [2.24, 2.45) is 5.92 Å². The molecule has 3 aromatic rings. The standard InChI is InChI=1S/C21H25FN6O2S/c1-14-10-21(27-26-14)25-20-12-18(23-15(2)24-20)11-16-4-3-9-28(13-16)31(29,30)19-7-5-17(22)6-8-19/h5-8,10,12,16H,3-4,9,11,13H2,1-2H3,(H2,23,24,25,26,27). The van der Waals surface area contributed by atoms with Crippen LogP contribution in [0.1, 0.15) is 30.1 Å². The van der Waals surface area contributed by atoms with Gasteiger partial charge in [-0.3, -0.25) is 5.10 Å². The first-order valence-electron chi connectivity index (χ1n) is 10.2. The van der Waals surface area contributed by atoms with Crippen LogP contribution >= 0.6 is 0 Å². The summed E-state index contributed by atoms with van der Waals surface area (Å²) in [6, 6.07) is 8.75. The van der Waals surface area contributed by atoms with Crippen molar-refractivity contribution in [1.29, 1.82) is 0 Å². The lowest BCUT2D eigenvalue weighted by atomic mass is 9.94. The van der Waals surface area contributed by atoms with Crippen LogP contribution in [0.3, 0.4) is 0 Å². The van der Waals surface area contributed by atoms with Gasteiger partial charge >= 0.3 is 0 Å². The number of sulfonamides is 1. The van der Waals surface area contributed by atoms with Gasteiger partial charge in [0.15, 0.2) is 5.82 Å². The molecule has 1 saturated heterocycles. The molecule has 1 fully saturated rings. The van der Waals surface area contributed by atoms with Crippen molar-refractivity contribution in [2.45, 2.75) is 38.0 Å². The Morgan fingerprint density at radius 2 is 1.94 bits per heavy atom. The third-order valence-corrected chi connectivity index (χ3v) is 7.16. The number of hydrogen-bond donors (Lipinski definition) is 2. The van der Waals surface area contributed by atoms with Crippen LogP contribution in [-0.4, -0.2) is 46.0 Å². The van der Waals surface area contributed by atoms with Gasteiger partial charge in [-0.05, 0) is 63.3 Å². The Morgan fingerprint density at radius 3 is 2.65 bits per heavy atom. The normalized spacial score (nSPS) is 17.6. The zero-order valence-electron chi connectivity index (χ0n) is 17.5. The van der Waals surface area contributed by atoms with Crippen LogP contribution in [0.2, 0.25) is 0 Å². The highest BCUT2D eigenvalue weighted by Crippen LogP contribution is 2.26. The largest absolute Gasteiger partial charge is 0.323 e. The summed E-state index contributed by atoms with van der Waals surface area (Å²) >= 11 is 0. The molecule has 1 aromatic carbocycles. The zero-order chi connectivity index (χ0) is 22.0. The SMILES string of the molecule is Cc1nc(CC2CCCN(S(=O)(=O)c3ccc(F)cc3)C2)cc(Nc2cc(C)[nH]n2)n1. The number of H-pyrrole nitrogens is 1. The maximum absolute atomic E-state index is 13.2. The summed E-state index contributed by atoms with van der Waals surface area (Å²) in [5.41, 5.74) is 1.80. The van der Waals surface area contributed by atoms with Gasteiger partial charge in [0, 0.05) is 36.6 Å². The van der Waals surface area contributed by atoms with Crippen LogP contribution in [0.15, 0.2) is 41.3 Å². The molecule has 0 saturated carbocycles. The van der Waals surface area contributed by atoms with E-state index in [0.29, 0.717) is 37.0 Å². The molecule has 1 unspecified atom stereocenters. The molecule has 0 bridgehead atoms. The second-order valence-corrected chi connectivity index (χ2v) is 9.82. The lowest BCUT2D eigenvalue weighted by molar-refractivity contribution is 0.264. The monoisotopic (exact) mass is 444 g/mol. The summed E-state index contributed by atoms with van der Waals surface area (Å²) < 4.78 is 40.6. The van der Waals surface area contributed by atoms with Crippen LogP contribution in [0.5, 0.6) is 0 Å². The summed E-state index contributed by atoms with van der Waals surface area (Å²) in [4.78, 5) is 9.08. The molecular formula is C21H25FN6O2S. The molecule has 1 aliphatic heterocycles. The van der Waals surface area contributed by atoms with Crippen molar-refractivity contribution >= 4 is 21.7 Å². The van der Waals surface area contributed by atoms with E-state index >= 15 is 0 Å². The molecule has 0 radical (unpaired) electrons. The Morgan fingerprint density at radius 1 is 1.16 bits per heavy atom. The van der Waals surface area contributed by atoms with Gasteiger partial charge in [0.2, 0.25) is 10.0 Å². The number of rotatable bonds is 6. The van der Waals surface area contributed by atoms with E-state index < -0.39 is 15.8 Å². The van der Waals surface area contributed by atoms with E-state index in [2.05, 4.69) is 25.5 Å². The summed E-state index contributed by atoms with van der Waals surface area (Å²) in [6.45, 7) is 4.62. The van der Waals surface area contributed by atoms with Crippen molar-refractivity contribution in [3.63, 3.8) is 0 Å². The number of aromatic nitrogens is 4. The summed E-state index contributed by atoms with van der Waals surface area (Å²) in [6.07, 6.45) is 2.33. The van der Waals surface area contributed by atoms with Crippen molar-refractivity contribution in [3.8, 4) is 0 Å². The van der Waals surface area contributed by atoms with Gasteiger partial charge in [0.1, 0.15) is 17.5 Å². The molecule has 2 aromatic heterocycles. The Hall–Kier alpha value is -2.85. The molecule has 4 rings (SSSR count). The minimum Gasteiger partial charge on any atom is -0.323 e. The molecule has 2 N–H and O–H groups in total. The van der Waals surface area contributed by atoms with Gasteiger partial charge in [-0.2, -0.15) is 9.40 Å². The van der Waals surface area contributed by atoms with E-state index in [4.69, 9.17) is 0 Å². The molecule has 0 aliphatic carbocycles. The minimum absolute atomic E-state index is 0.119. The molecular weight excluding hydrogens is 419 g/mol. The summed E-state index contributed by atoms with van der Waals surface area (Å²) in [5, 5.41) is 10.2. The summed E-state index contributed by atoms with van der Waals surface area (Å²) in [5.74, 6) is 1.65. The fourth-order valence-corrected chi connectivity index (χ4v) is 5.43. The van der Waals surface area contributed by atoms with Crippen molar-refractivity contribution in [2.75, 3.05) is 18.4 Å². The number of benzene rings is 1. The Bertz CT molecular complexity index is 1160. The number of nitrogens with one attached hydrogen (secondary N) is 2. The van der Waals surface area contributed by atoms with E-state index in [1.54, 1.807) is 0 Å². The highest BCUT2D eigenvalue weighted by molar-refractivity contribution is 7.89. The van der Waals surface area contributed by atoms with E-state index in [-0.39, 0.29) is 10.8 Å². The quantitative estimate of drug-likeness (QED) is 0.604. The third-order valence-electron chi connectivity index (χ3n) is 5.28. The second kappa shape index (κ2) is 8.72. The van der Waals surface area contributed by atoms with Gasteiger partial charge in [-0.25, -0.2) is 22.8 Å². The predicted molar refractivity (Wildman–Crippen MR) is 115 cm³/mol. The second-order valence-electron chi connectivity index (χ2n) is 7.88. The van der Waals surface area contributed by atoms with E-state index in [1.165, 1.54) is 28.6 Å². The lowest BCUT2D eigenvalue weighted by Gasteiger charge is -2.32. The highest BCUT2D eigenvalue weighted by atomic mass is 32.2. The number of hydrogen-bond acceptors (Lipinski definition) is 6. The Labute approximate surface area is 181 Å². The molecule has 0 spiro atoms. The first-order chi connectivity index (χ1) is 14.8. The van der Waals surface area contributed by atoms with Crippen molar-refractivity contribution in [3.05, 3.63) is 59.4 Å². The molecule has 10 heteroatoms. The topological polar surface area (TPSA) is 104 Å². The molecule has 1 aliphatic rings. The number of piperidine rings is 1. The molecule has 164 valence electrons. The zero-order valence-corrected chi connectivity index (χ0v) is 18.3. The Kier molecular flexibility index (Phi) is 6.01. The van der Waals surface area contributed by atoms with Gasteiger partial charge in [0.25, 0.3) is 0 Å². The van der Waals surface area contributed by atoms with Crippen molar-refractivity contribution in [1.82, 2.24) is 24.5 Å². The fraction of sp³-hybridized carbons (Fsp3) is 0.381. The lowest BCUT2D eigenvalue weighted by Crippen LogP contribution is -2.40. The number of anilines is 2. The number of aromatic amines is 1. The smallest absolute Gasteiger partial charge is 0.243 e. The number of nitrogens with zero attached hydrogens (tertiary/aromatic N) is 4. The highest BCUT2D eigenvalue weighted by Gasteiger charge is 2.30. The average Bonchev–Trinajstić information content (AvgIpc) is 3.12. The van der Waals surface area contributed by atoms with Crippen LogP contribution in [-0.2, 0) is 16.4 Å². The predicted octanol–water partition coefficient (Wildman–Crippen LogP) is 3.34. The van der Waals surface area contributed by atoms with Crippen LogP contribution in [0.25, 0.3) is 0 Å². The van der Waals surface area contributed by atoms with Gasteiger partial charge < -0.3 is 5.32 Å². The van der Waals surface area contributed by atoms with E-state index in [9.17, 15) is 12.8 Å².